The number of phenols is 2. The molecule has 1 unspecified atom stereocenters. The molecule has 1 aromatic rings. The van der Waals surface area contributed by atoms with Crippen LogP contribution in [0.2, 0.25) is 5.02 Å². The molecule has 0 spiro atoms. The van der Waals surface area contributed by atoms with Crippen molar-refractivity contribution < 1.29 is 38.8 Å². The number of rotatable bonds is 13. The standard InChI is InChI=1S/C22H29ClO8/c1-14-17(11-24)20(26)16(21(27)19(14)23)9-7-5-3-2-4-6-8-10-18(25)29-12-15-13-30-22(28)31-15/h11,15,26-27H,2-10,12-13H2,1H3. The summed E-state index contributed by atoms with van der Waals surface area (Å²) in [6.07, 6.45) is 6.35. The van der Waals surface area contributed by atoms with Gasteiger partial charge in [-0.05, 0) is 31.7 Å². The zero-order valence-electron chi connectivity index (χ0n) is 17.7. The Balaban J connectivity index is 1.54. The topological polar surface area (TPSA) is 119 Å². The van der Waals surface area contributed by atoms with E-state index < -0.39 is 12.3 Å². The van der Waals surface area contributed by atoms with E-state index in [4.69, 9.17) is 21.1 Å². The van der Waals surface area contributed by atoms with Crippen molar-refractivity contribution in [3.05, 3.63) is 21.7 Å². The summed E-state index contributed by atoms with van der Waals surface area (Å²) in [6.45, 7) is 1.72. The lowest BCUT2D eigenvalue weighted by atomic mass is 9.98. The lowest BCUT2D eigenvalue weighted by Gasteiger charge is -2.13. The van der Waals surface area contributed by atoms with Gasteiger partial charge in [0.25, 0.3) is 0 Å². The van der Waals surface area contributed by atoms with Gasteiger partial charge in [0.15, 0.2) is 12.4 Å². The highest BCUT2D eigenvalue weighted by Crippen LogP contribution is 2.40. The van der Waals surface area contributed by atoms with Crippen molar-refractivity contribution in [2.24, 2.45) is 0 Å². The van der Waals surface area contributed by atoms with Gasteiger partial charge in [-0.1, -0.05) is 43.7 Å². The summed E-state index contributed by atoms with van der Waals surface area (Å²) in [4.78, 5) is 33.6. The second-order valence-corrected chi connectivity index (χ2v) is 7.98. The maximum Gasteiger partial charge on any atom is 0.508 e. The van der Waals surface area contributed by atoms with Gasteiger partial charge in [0, 0.05) is 12.0 Å². The van der Waals surface area contributed by atoms with Crippen molar-refractivity contribution in [3.8, 4) is 11.5 Å². The number of unbranched alkanes of at least 4 members (excludes halogenated alkanes) is 6. The largest absolute Gasteiger partial charge is 0.508 e. The number of ether oxygens (including phenoxy) is 3. The summed E-state index contributed by atoms with van der Waals surface area (Å²) in [5, 5.41) is 20.5. The van der Waals surface area contributed by atoms with Crippen LogP contribution in [0.25, 0.3) is 0 Å². The molecule has 2 rings (SSSR count). The molecule has 0 bridgehead atoms. The van der Waals surface area contributed by atoms with E-state index in [2.05, 4.69) is 4.74 Å². The van der Waals surface area contributed by atoms with Gasteiger partial charge in [-0.25, -0.2) is 4.79 Å². The van der Waals surface area contributed by atoms with E-state index in [0.717, 1.165) is 44.9 Å². The second kappa shape index (κ2) is 12.4. The molecule has 1 aliphatic rings. The van der Waals surface area contributed by atoms with Crippen molar-refractivity contribution in [1.29, 1.82) is 0 Å². The van der Waals surface area contributed by atoms with Crippen LogP contribution in [0.3, 0.4) is 0 Å². The maximum absolute atomic E-state index is 11.7. The predicted octanol–water partition coefficient (Wildman–Crippen LogP) is 4.61. The van der Waals surface area contributed by atoms with Gasteiger partial charge in [-0.2, -0.15) is 0 Å². The van der Waals surface area contributed by atoms with Crippen molar-refractivity contribution in [2.75, 3.05) is 13.2 Å². The van der Waals surface area contributed by atoms with Crippen LogP contribution in [0.5, 0.6) is 11.5 Å². The molecular formula is C22H29ClO8. The minimum atomic E-state index is -0.733. The minimum absolute atomic E-state index is 0.0240. The van der Waals surface area contributed by atoms with Crippen LogP contribution in [-0.4, -0.2) is 47.9 Å². The number of cyclic esters (lactones) is 2. The van der Waals surface area contributed by atoms with E-state index in [0.29, 0.717) is 30.3 Å². The number of aromatic hydroxyl groups is 2. The predicted molar refractivity (Wildman–Crippen MR) is 113 cm³/mol. The SMILES string of the molecule is Cc1c(Cl)c(O)c(CCCCCCCCCC(=O)OCC2COC(=O)O2)c(O)c1C=O. The molecule has 2 N–H and O–H groups in total. The Morgan fingerprint density at radius 2 is 1.77 bits per heavy atom. The number of aldehydes is 1. The highest BCUT2D eigenvalue weighted by Gasteiger charge is 2.26. The Labute approximate surface area is 186 Å². The molecule has 1 heterocycles. The van der Waals surface area contributed by atoms with E-state index in [1.807, 2.05) is 0 Å². The number of hydrogen-bond acceptors (Lipinski definition) is 8. The van der Waals surface area contributed by atoms with E-state index in [1.165, 1.54) is 0 Å². The third kappa shape index (κ3) is 7.31. The van der Waals surface area contributed by atoms with Crippen LogP contribution in [0, 0.1) is 6.92 Å². The second-order valence-electron chi connectivity index (χ2n) is 7.61. The molecule has 172 valence electrons. The number of hydrogen-bond donors (Lipinski definition) is 2. The number of benzene rings is 1. The van der Waals surface area contributed by atoms with Crippen molar-refractivity contribution in [2.45, 2.75) is 70.8 Å². The van der Waals surface area contributed by atoms with Gasteiger partial charge in [0.2, 0.25) is 0 Å². The van der Waals surface area contributed by atoms with Crippen molar-refractivity contribution in [3.63, 3.8) is 0 Å². The van der Waals surface area contributed by atoms with Gasteiger partial charge in [-0.3, -0.25) is 9.59 Å². The first-order valence-corrected chi connectivity index (χ1v) is 10.9. The molecule has 31 heavy (non-hydrogen) atoms. The van der Waals surface area contributed by atoms with E-state index in [1.54, 1.807) is 6.92 Å². The number of halogens is 1. The summed E-state index contributed by atoms with van der Waals surface area (Å²) < 4.78 is 14.4. The summed E-state index contributed by atoms with van der Waals surface area (Å²) in [7, 11) is 0. The molecule has 1 saturated heterocycles. The number of esters is 1. The van der Waals surface area contributed by atoms with Crippen molar-refractivity contribution in [1.82, 2.24) is 0 Å². The highest BCUT2D eigenvalue weighted by molar-refractivity contribution is 6.33. The van der Waals surface area contributed by atoms with E-state index in [9.17, 15) is 24.6 Å². The van der Waals surface area contributed by atoms with Crippen LogP contribution in [-0.2, 0) is 25.4 Å². The maximum atomic E-state index is 11.7. The number of carbonyl (C=O) groups is 3. The number of carbonyl (C=O) groups excluding carboxylic acids is 3. The summed E-state index contributed by atoms with van der Waals surface area (Å²) in [5.41, 5.74) is 0.805. The third-order valence-electron chi connectivity index (χ3n) is 5.27. The normalized spacial score (nSPS) is 15.4. The molecule has 1 atom stereocenters. The lowest BCUT2D eigenvalue weighted by molar-refractivity contribution is -0.146. The van der Waals surface area contributed by atoms with Crippen molar-refractivity contribution >= 4 is 30.0 Å². The van der Waals surface area contributed by atoms with Gasteiger partial charge in [0.1, 0.15) is 24.7 Å². The van der Waals surface area contributed by atoms with Crippen LogP contribution in [0.1, 0.15) is 72.9 Å². The smallest absolute Gasteiger partial charge is 0.507 e. The average Bonchev–Trinajstić information content (AvgIpc) is 3.17. The molecule has 8 nitrogen and oxygen atoms in total. The minimum Gasteiger partial charge on any atom is -0.507 e. The fourth-order valence-electron chi connectivity index (χ4n) is 3.42. The van der Waals surface area contributed by atoms with Crippen LogP contribution in [0.15, 0.2) is 0 Å². The Bertz CT molecular complexity index is 792. The van der Waals surface area contributed by atoms with Crippen LogP contribution in [0.4, 0.5) is 4.79 Å². The fourth-order valence-corrected chi connectivity index (χ4v) is 3.64. The first-order valence-electron chi connectivity index (χ1n) is 10.5. The van der Waals surface area contributed by atoms with Gasteiger partial charge >= 0.3 is 12.1 Å². The Kier molecular flexibility index (Phi) is 9.91. The zero-order chi connectivity index (χ0) is 22.8. The van der Waals surface area contributed by atoms with E-state index in [-0.39, 0.29) is 41.3 Å². The van der Waals surface area contributed by atoms with Crippen LogP contribution < -0.4 is 0 Å². The molecule has 1 aromatic carbocycles. The van der Waals surface area contributed by atoms with Crippen LogP contribution >= 0.6 is 11.6 Å². The lowest BCUT2D eigenvalue weighted by Crippen LogP contribution is -2.20. The number of phenolic OH excluding ortho intramolecular Hbond substituents is 2. The quantitative estimate of drug-likeness (QED) is 0.251. The summed E-state index contributed by atoms with van der Waals surface area (Å²) in [5.74, 6) is -0.665. The van der Waals surface area contributed by atoms with Gasteiger partial charge in [-0.15, -0.1) is 0 Å². The molecule has 9 heteroatoms. The van der Waals surface area contributed by atoms with E-state index >= 15 is 0 Å². The van der Waals surface area contributed by atoms with Gasteiger partial charge < -0.3 is 24.4 Å². The monoisotopic (exact) mass is 456 g/mol. The summed E-state index contributed by atoms with van der Waals surface area (Å²) in [6, 6.07) is 0. The molecule has 0 aliphatic carbocycles. The van der Waals surface area contributed by atoms with Gasteiger partial charge in [0.05, 0.1) is 10.6 Å². The first kappa shape index (κ1) is 24.8. The Hall–Kier alpha value is -2.48. The average molecular weight is 457 g/mol. The molecule has 1 fully saturated rings. The molecule has 0 radical (unpaired) electrons. The molecule has 1 aliphatic heterocycles. The molecule has 0 aromatic heterocycles. The molecule has 0 saturated carbocycles. The Morgan fingerprint density at radius 1 is 1.13 bits per heavy atom. The first-order chi connectivity index (χ1) is 14.8. The summed E-state index contributed by atoms with van der Waals surface area (Å²) >= 11 is 6.05. The highest BCUT2D eigenvalue weighted by atomic mass is 35.5. The third-order valence-corrected chi connectivity index (χ3v) is 5.74. The molecule has 0 amide bonds. The fraction of sp³-hybridized carbons (Fsp3) is 0.591. The Morgan fingerprint density at radius 3 is 2.39 bits per heavy atom. The zero-order valence-corrected chi connectivity index (χ0v) is 18.4. The molecular weight excluding hydrogens is 428 g/mol.